The van der Waals surface area contributed by atoms with Crippen LogP contribution in [0.1, 0.15) is 52.4 Å². The molecule has 5 heteroatoms. The SMILES string of the molecule is CCC(CCN)CCC(=O)N1CCCC(C)C1C(=O)O. The molecule has 1 amide bonds. The number of carbonyl (C=O) groups excluding carboxylic acids is 1. The molecule has 116 valence electrons. The van der Waals surface area contributed by atoms with Gasteiger partial charge in [0.15, 0.2) is 0 Å². The molecule has 1 heterocycles. The van der Waals surface area contributed by atoms with Crippen LogP contribution >= 0.6 is 0 Å². The summed E-state index contributed by atoms with van der Waals surface area (Å²) >= 11 is 0. The number of hydrogen-bond donors (Lipinski definition) is 2. The highest BCUT2D eigenvalue weighted by molar-refractivity contribution is 5.84. The summed E-state index contributed by atoms with van der Waals surface area (Å²) in [4.78, 5) is 25.3. The average molecular weight is 284 g/mol. The van der Waals surface area contributed by atoms with Crippen molar-refractivity contribution in [3.05, 3.63) is 0 Å². The van der Waals surface area contributed by atoms with Gasteiger partial charge in [-0.05, 0) is 44.1 Å². The van der Waals surface area contributed by atoms with Crippen molar-refractivity contribution in [3.63, 3.8) is 0 Å². The lowest BCUT2D eigenvalue weighted by Gasteiger charge is -2.37. The first-order valence-corrected chi connectivity index (χ1v) is 7.73. The van der Waals surface area contributed by atoms with Crippen LogP contribution < -0.4 is 5.73 Å². The molecule has 1 aliphatic heterocycles. The monoisotopic (exact) mass is 284 g/mol. The van der Waals surface area contributed by atoms with Gasteiger partial charge >= 0.3 is 5.97 Å². The van der Waals surface area contributed by atoms with Crippen LogP contribution in [0, 0.1) is 11.8 Å². The predicted molar refractivity (Wildman–Crippen MR) is 78.2 cm³/mol. The molecule has 0 bridgehead atoms. The Morgan fingerprint density at radius 2 is 2.10 bits per heavy atom. The van der Waals surface area contributed by atoms with E-state index in [2.05, 4.69) is 6.92 Å². The van der Waals surface area contributed by atoms with E-state index in [1.807, 2.05) is 6.92 Å². The van der Waals surface area contributed by atoms with Crippen molar-refractivity contribution in [3.8, 4) is 0 Å². The minimum atomic E-state index is -0.875. The summed E-state index contributed by atoms with van der Waals surface area (Å²) in [7, 11) is 0. The fraction of sp³-hybridized carbons (Fsp3) is 0.867. The number of piperidine rings is 1. The molecule has 1 fully saturated rings. The van der Waals surface area contributed by atoms with E-state index >= 15 is 0 Å². The Morgan fingerprint density at radius 1 is 1.40 bits per heavy atom. The quantitative estimate of drug-likeness (QED) is 0.747. The number of nitrogens with two attached hydrogens (primary N) is 1. The highest BCUT2D eigenvalue weighted by Crippen LogP contribution is 2.25. The van der Waals surface area contributed by atoms with Crippen molar-refractivity contribution in [2.45, 2.75) is 58.4 Å². The second-order valence-electron chi connectivity index (χ2n) is 5.88. The molecule has 0 saturated carbocycles. The minimum absolute atomic E-state index is 0.0144. The summed E-state index contributed by atoms with van der Waals surface area (Å²) in [5.41, 5.74) is 5.56. The number of carbonyl (C=O) groups is 2. The van der Waals surface area contributed by atoms with Gasteiger partial charge in [-0.25, -0.2) is 4.79 Å². The lowest BCUT2D eigenvalue weighted by atomic mass is 9.90. The summed E-state index contributed by atoms with van der Waals surface area (Å²) in [5, 5.41) is 9.33. The molecular weight excluding hydrogens is 256 g/mol. The summed E-state index contributed by atoms with van der Waals surface area (Å²) in [5.74, 6) is -0.385. The maximum atomic E-state index is 12.3. The van der Waals surface area contributed by atoms with E-state index in [-0.39, 0.29) is 11.8 Å². The van der Waals surface area contributed by atoms with Gasteiger partial charge in [0.2, 0.25) is 5.91 Å². The van der Waals surface area contributed by atoms with Gasteiger partial charge in [-0.2, -0.15) is 0 Å². The number of carboxylic acid groups (broad SMARTS) is 1. The van der Waals surface area contributed by atoms with E-state index in [1.165, 1.54) is 0 Å². The first kappa shape index (κ1) is 17.0. The molecule has 0 aromatic heterocycles. The molecule has 5 nitrogen and oxygen atoms in total. The number of aliphatic carboxylic acids is 1. The van der Waals surface area contributed by atoms with Crippen molar-refractivity contribution in [2.75, 3.05) is 13.1 Å². The smallest absolute Gasteiger partial charge is 0.326 e. The first-order chi connectivity index (χ1) is 9.51. The van der Waals surface area contributed by atoms with Crippen molar-refractivity contribution in [2.24, 2.45) is 17.6 Å². The van der Waals surface area contributed by atoms with Crippen LogP contribution in [0.4, 0.5) is 0 Å². The first-order valence-electron chi connectivity index (χ1n) is 7.73. The summed E-state index contributed by atoms with van der Waals surface area (Å²) < 4.78 is 0. The Kier molecular flexibility index (Phi) is 6.99. The van der Waals surface area contributed by atoms with Gasteiger partial charge in [0, 0.05) is 13.0 Å². The molecule has 20 heavy (non-hydrogen) atoms. The number of hydrogen-bond acceptors (Lipinski definition) is 3. The molecule has 0 aliphatic carbocycles. The summed E-state index contributed by atoms with van der Waals surface area (Å²) in [6.07, 6.45) is 4.98. The third kappa shape index (κ3) is 4.47. The summed E-state index contributed by atoms with van der Waals surface area (Å²) in [6.45, 7) is 5.24. The zero-order valence-corrected chi connectivity index (χ0v) is 12.7. The van der Waals surface area contributed by atoms with Gasteiger partial charge in [-0.3, -0.25) is 4.79 Å². The third-order valence-electron chi connectivity index (χ3n) is 4.43. The van der Waals surface area contributed by atoms with Crippen LogP contribution in [0.2, 0.25) is 0 Å². The standard InChI is InChI=1S/C15H28N2O3/c1-3-12(8-9-16)6-7-13(18)17-10-4-5-11(2)14(17)15(19)20/h11-12,14H,3-10,16H2,1-2H3,(H,19,20). The van der Waals surface area contributed by atoms with E-state index < -0.39 is 12.0 Å². The molecular formula is C15H28N2O3. The number of rotatable bonds is 7. The second kappa shape index (κ2) is 8.25. The van der Waals surface area contributed by atoms with Crippen molar-refractivity contribution < 1.29 is 14.7 Å². The molecule has 3 atom stereocenters. The molecule has 1 saturated heterocycles. The molecule has 0 radical (unpaired) electrons. The second-order valence-corrected chi connectivity index (χ2v) is 5.88. The van der Waals surface area contributed by atoms with Crippen molar-refractivity contribution in [1.29, 1.82) is 0 Å². The molecule has 1 aliphatic rings. The lowest BCUT2D eigenvalue weighted by Crippen LogP contribution is -2.51. The van der Waals surface area contributed by atoms with Gasteiger partial charge in [0.25, 0.3) is 0 Å². The minimum Gasteiger partial charge on any atom is -0.480 e. The maximum Gasteiger partial charge on any atom is 0.326 e. The van der Waals surface area contributed by atoms with Crippen LogP contribution in [0.5, 0.6) is 0 Å². The lowest BCUT2D eigenvalue weighted by molar-refractivity contribution is -0.154. The van der Waals surface area contributed by atoms with E-state index in [0.717, 1.165) is 32.1 Å². The molecule has 0 aromatic carbocycles. The van der Waals surface area contributed by atoms with Gasteiger partial charge in [-0.15, -0.1) is 0 Å². The van der Waals surface area contributed by atoms with Crippen molar-refractivity contribution in [1.82, 2.24) is 4.90 Å². The fourth-order valence-corrected chi connectivity index (χ4v) is 3.10. The highest BCUT2D eigenvalue weighted by atomic mass is 16.4. The molecule has 0 spiro atoms. The Morgan fingerprint density at radius 3 is 2.65 bits per heavy atom. The van der Waals surface area contributed by atoms with Crippen molar-refractivity contribution >= 4 is 11.9 Å². The number of likely N-dealkylation sites (tertiary alicyclic amines) is 1. The molecule has 0 aromatic rings. The molecule has 3 unspecified atom stereocenters. The normalized spacial score (nSPS) is 24.4. The number of carboxylic acids is 1. The van der Waals surface area contributed by atoms with E-state index in [4.69, 9.17) is 5.73 Å². The largest absolute Gasteiger partial charge is 0.480 e. The number of amides is 1. The summed E-state index contributed by atoms with van der Waals surface area (Å²) in [6, 6.07) is -0.647. The Balaban J connectivity index is 2.58. The highest BCUT2D eigenvalue weighted by Gasteiger charge is 2.36. The third-order valence-corrected chi connectivity index (χ3v) is 4.43. The zero-order chi connectivity index (χ0) is 15.1. The fourth-order valence-electron chi connectivity index (χ4n) is 3.10. The Hall–Kier alpha value is -1.10. The topological polar surface area (TPSA) is 83.6 Å². The maximum absolute atomic E-state index is 12.3. The Bertz CT molecular complexity index is 333. The van der Waals surface area contributed by atoms with E-state index in [0.29, 0.717) is 25.4 Å². The van der Waals surface area contributed by atoms with E-state index in [9.17, 15) is 14.7 Å². The van der Waals surface area contributed by atoms with Gasteiger partial charge in [0.05, 0.1) is 0 Å². The van der Waals surface area contributed by atoms with Gasteiger partial charge in [0.1, 0.15) is 6.04 Å². The molecule has 1 rings (SSSR count). The van der Waals surface area contributed by atoms with Gasteiger partial charge < -0.3 is 15.7 Å². The van der Waals surface area contributed by atoms with Crippen LogP contribution in [0.3, 0.4) is 0 Å². The van der Waals surface area contributed by atoms with Crippen LogP contribution in [-0.2, 0) is 9.59 Å². The van der Waals surface area contributed by atoms with Crippen LogP contribution in [-0.4, -0.2) is 41.0 Å². The van der Waals surface area contributed by atoms with E-state index in [1.54, 1.807) is 4.90 Å². The zero-order valence-electron chi connectivity index (χ0n) is 12.7. The Labute approximate surface area is 121 Å². The van der Waals surface area contributed by atoms with Crippen LogP contribution in [0.15, 0.2) is 0 Å². The predicted octanol–water partition coefficient (Wildman–Crippen LogP) is 1.85. The van der Waals surface area contributed by atoms with Crippen LogP contribution in [0.25, 0.3) is 0 Å². The number of nitrogens with zero attached hydrogens (tertiary/aromatic N) is 1. The average Bonchev–Trinajstić information content (AvgIpc) is 2.42. The van der Waals surface area contributed by atoms with Gasteiger partial charge in [-0.1, -0.05) is 20.3 Å². The molecule has 3 N–H and O–H groups in total.